The number of amides is 1. The standard InChI is InChI=1S/C21H17F3N2O2/c22-21(23,24)15-9-10-18(16(13-15)25-20(27)19-8-4-12-28-19)26-11-3-6-14-5-1-2-7-17(14)26/h1-2,4-5,7-10,12-13H,3,6,11H2,(H,25,27). The molecule has 0 atom stereocenters. The Morgan fingerprint density at radius 1 is 1.04 bits per heavy atom. The van der Waals surface area contributed by atoms with E-state index in [0.717, 1.165) is 36.2 Å². The molecule has 0 saturated heterocycles. The zero-order valence-corrected chi connectivity index (χ0v) is 14.8. The van der Waals surface area contributed by atoms with Gasteiger partial charge in [-0.25, -0.2) is 0 Å². The molecule has 2 aromatic carbocycles. The van der Waals surface area contributed by atoms with Crippen LogP contribution in [0, 0.1) is 0 Å². The first kappa shape index (κ1) is 18.2. The van der Waals surface area contributed by atoms with Gasteiger partial charge in [-0.1, -0.05) is 18.2 Å². The van der Waals surface area contributed by atoms with Crippen molar-refractivity contribution in [2.45, 2.75) is 19.0 Å². The number of hydrogen-bond acceptors (Lipinski definition) is 3. The van der Waals surface area contributed by atoms with Crippen molar-refractivity contribution in [3.8, 4) is 0 Å². The highest BCUT2D eigenvalue weighted by atomic mass is 19.4. The van der Waals surface area contributed by atoms with E-state index in [2.05, 4.69) is 5.32 Å². The van der Waals surface area contributed by atoms with E-state index in [1.165, 1.54) is 18.4 Å². The summed E-state index contributed by atoms with van der Waals surface area (Å²) in [5.74, 6) is -0.571. The van der Waals surface area contributed by atoms with Gasteiger partial charge in [0.2, 0.25) is 0 Å². The van der Waals surface area contributed by atoms with E-state index in [0.29, 0.717) is 12.2 Å². The van der Waals surface area contributed by atoms with E-state index >= 15 is 0 Å². The number of carbonyl (C=O) groups is 1. The van der Waals surface area contributed by atoms with E-state index in [1.54, 1.807) is 6.07 Å². The Hall–Kier alpha value is -3.22. The zero-order chi connectivity index (χ0) is 19.7. The summed E-state index contributed by atoms with van der Waals surface area (Å²) >= 11 is 0. The number of anilines is 3. The molecule has 7 heteroatoms. The van der Waals surface area contributed by atoms with Crippen LogP contribution in [0.15, 0.2) is 65.3 Å². The minimum Gasteiger partial charge on any atom is -0.459 e. The lowest BCUT2D eigenvalue weighted by Crippen LogP contribution is -2.26. The molecule has 1 N–H and O–H groups in total. The fourth-order valence-corrected chi connectivity index (χ4v) is 3.42. The quantitative estimate of drug-likeness (QED) is 0.634. The molecule has 0 spiro atoms. The van der Waals surface area contributed by atoms with Crippen LogP contribution >= 0.6 is 0 Å². The van der Waals surface area contributed by atoms with Gasteiger partial charge in [0.25, 0.3) is 5.91 Å². The lowest BCUT2D eigenvalue weighted by atomic mass is 10.0. The van der Waals surface area contributed by atoms with Gasteiger partial charge < -0.3 is 14.6 Å². The average Bonchev–Trinajstić information content (AvgIpc) is 3.22. The lowest BCUT2D eigenvalue weighted by molar-refractivity contribution is -0.137. The first-order valence-corrected chi connectivity index (χ1v) is 8.85. The summed E-state index contributed by atoms with van der Waals surface area (Å²) in [7, 11) is 0. The van der Waals surface area contributed by atoms with Gasteiger partial charge >= 0.3 is 6.18 Å². The predicted molar refractivity (Wildman–Crippen MR) is 99.9 cm³/mol. The second kappa shape index (κ2) is 7.07. The minimum atomic E-state index is -4.51. The number of halogens is 3. The van der Waals surface area contributed by atoms with E-state index in [-0.39, 0.29) is 11.4 Å². The molecule has 1 amide bonds. The fraction of sp³-hybridized carbons (Fsp3) is 0.190. The number of rotatable bonds is 3. The summed E-state index contributed by atoms with van der Waals surface area (Å²) in [5, 5.41) is 2.58. The van der Waals surface area contributed by atoms with Crippen LogP contribution in [-0.2, 0) is 12.6 Å². The smallest absolute Gasteiger partial charge is 0.416 e. The van der Waals surface area contributed by atoms with Crippen molar-refractivity contribution in [3.05, 3.63) is 77.7 Å². The van der Waals surface area contributed by atoms with Crippen LogP contribution in [0.1, 0.15) is 28.1 Å². The number of carbonyl (C=O) groups excluding carboxylic acids is 1. The molecule has 1 aliphatic heterocycles. The summed E-state index contributed by atoms with van der Waals surface area (Å²) in [6.45, 7) is 0.645. The van der Waals surface area contributed by atoms with Gasteiger partial charge in [-0.2, -0.15) is 13.2 Å². The van der Waals surface area contributed by atoms with E-state index in [4.69, 9.17) is 4.42 Å². The highest BCUT2D eigenvalue weighted by Crippen LogP contribution is 2.40. The maximum Gasteiger partial charge on any atom is 0.416 e. The highest BCUT2D eigenvalue weighted by molar-refractivity contribution is 6.04. The van der Waals surface area contributed by atoms with Gasteiger partial charge in [0.05, 0.1) is 23.2 Å². The summed E-state index contributed by atoms with van der Waals surface area (Å²) in [6, 6.07) is 14.2. The van der Waals surface area contributed by atoms with Crippen LogP contribution in [0.3, 0.4) is 0 Å². The second-order valence-electron chi connectivity index (χ2n) is 6.55. The molecular weight excluding hydrogens is 369 g/mol. The maximum absolute atomic E-state index is 13.2. The first-order valence-electron chi connectivity index (χ1n) is 8.85. The molecular formula is C21H17F3N2O2. The molecule has 4 nitrogen and oxygen atoms in total. The molecule has 0 fully saturated rings. The molecule has 4 rings (SSSR count). The van der Waals surface area contributed by atoms with Gasteiger partial charge in [0.15, 0.2) is 5.76 Å². The average molecular weight is 386 g/mol. The first-order chi connectivity index (χ1) is 13.4. The minimum absolute atomic E-state index is 0.0300. The van der Waals surface area contributed by atoms with Crippen molar-refractivity contribution in [2.24, 2.45) is 0 Å². The van der Waals surface area contributed by atoms with Gasteiger partial charge in [0.1, 0.15) is 0 Å². The zero-order valence-electron chi connectivity index (χ0n) is 14.8. The Morgan fingerprint density at radius 2 is 1.86 bits per heavy atom. The normalized spacial score (nSPS) is 13.9. The van der Waals surface area contributed by atoms with Crippen molar-refractivity contribution in [1.82, 2.24) is 0 Å². The molecule has 0 saturated carbocycles. The van der Waals surface area contributed by atoms with Gasteiger partial charge in [-0.05, 0) is 54.8 Å². The number of aryl methyl sites for hydroxylation is 1. The van der Waals surface area contributed by atoms with Crippen LogP contribution in [0.5, 0.6) is 0 Å². The Morgan fingerprint density at radius 3 is 2.61 bits per heavy atom. The third-order valence-electron chi connectivity index (χ3n) is 4.72. The Balaban J connectivity index is 1.78. The van der Waals surface area contributed by atoms with Crippen LogP contribution in [-0.4, -0.2) is 12.5 Å². The number of nitrogens with one attached hydrogen (secondary N) is 1. The Labute approximate surface area is 159 Å². The van der Waals surface area contributed by atoms with E-state index < -0.39 is 17.6 Å². The summed E-state index contributed by atoms with van der Waals surface area (Å²) < 4.78 is 44.8. The van der Waals surface area contributed by atoms with Crippen molar-refractivity contribution < 1.29 is 22.4 Å². The topological polar surface area (TPSA) is 45.5 Å². The number of hydrogen-bond donors (Lipinski definition) is 1. The summed E-state index contributed by atoms with van der Waals surface area (Å²) in [5.41, 5.74) is 1.84. The van der Waals surface area contributed by atoms with Crippen molar-refractivity contribution in [2.75, 3.05) is 16.8 Å². The molecule has 0 unspecified atom stereocenters. The number of alkyl halides is 3. The molecule has 0 aliphatic carbocycles. The second-order valence-corrected chi connectivity index (χ2v) is 6.55. The molecule has 2 heterocycles. The molecule has 144 valence electrons. The van der Waals surface area contributed by atoms with Gasteiger partial charge in [-0.15, -0.1) is 0 Å². The third-order valence-corrected chi connectivity index (χ3v) is 4.72. The van der Waals surface area contributed by atoms with Crippen molar-refractivity contribution in [1.29, 1.82) is 0 Å². The van der Waals surface area contributed by atoms with E-state index in [1.807, 2.05) is 29.2 Å². The Bertz CT molecular complexity index is 997. The number of para-hydroxylation sites is 1. The van der Waals surface area contributed by atoms with Gasteiger partial charge in [0, 0.05) is 12.2 Å². The molecule has 0 bridgehead atoms. The van der Waals surface area contributed by atoms with Crippen LogP contribution < -0.4 is 10.2 Å². The number of fused-ring (bicyclic) bond motifs is 1. The summed E-state index contributed by atoms with van der Waals surface area (Å²) in [6.07, 6.45) is -1.41. The maximum atomic E-state index is 13.2. The van der Waals surface area contributed by atoms with E-state index in [9.17, 15) is 18.0 Å². The molecule has 28 heavy (non-hydrogen) atoms. The highest BCUT2D eigenvalue weighted by Gasteiger charge is 2.32. The predicted octanol–water partition coefficient (Wildman–Crippen LogP) is 5.64. The molecule has 3 aromatic rings. The van der Waals surface area contributed by atoms with Crippen LogP contribution in [0.25, 0.3) is 0 Å². The SMILES string of the molecule is O=C(Nc1cc(C(F)(F)F)ccc1N1CCCc2ccccc21)c1ccco1. The number of benzene rings is 2. The van der Waals surface area contributed by atoms with Gasteiger partial charge in [-0.3, -0.25) is 4.79 Å². The van der Waals surface area contributed by atoms with Crippen molar-refractivity contribution >= 4 is 23.0 Å². The number of furan rings is 1. The number of nitrogens with zero attached hydrogens (tertiary/aromatic N) is 1. The lowest BCUT2D eigenvalue weighted by Gasteiger charge is -2.33. The molecule has 1 aliphatic rings. The van der Waals surface area contributed by atoms with Crippen molar-refractivity contribution in [3.63, 3.8) is 0 Å². The molecule has 1 aromatic heterocycles. The third kappa shape index (κ3) is 3.47. The monoisotopic (exact) mass is 386 g/mol. The van der Waals surface area contributed by atoms with Crippen LogP contribution in [0.2, 0.25) is 0 Å². The largest absolute Gasteiger partial charge is 0.459 e. The summed E-state index contributed by atoms with van der Waals surface area (Å²) in [4.78, 5) is 14.4. The van der Waals surface area contributed by atoms with Crippen LogP contribution in [0.4, 0.5) is 30.2 Å². The molecule has 0 radical (unpaired) electrons. The fourth-order valence-electron chi connectivity index (χ4n) is 3.42. The Kier molecular flexibility index (Phi) is 4.58.